The number of aliphatic hydroxyl groups is 1. The van der Waals surface area contributed by atoms with Crippen LogP contribution in [0.15, 0.2) is 97.1 Å². The first kappa shape index (κ1) is 22.8. The molecule has 1 aromatic heterocycles. The van der Waals surface area contributed by atoms with Gasteiger partial charge in [0.1, 0.15) is 0 Å². The Kier molecular flexibility index (Phi) is 5.43. The van der Waals surface area contributed by atoms with E-state index in [1.54, 1.807) is 24.3 Å². The number of rotatable bonds is 5. The van der Waals surface area contributed by atoms with Crippen LogP contribution in [0.5, 0.6) is 0 Å². The largest absolute Gasteiger partial charge is 0.372 e. The van der Waals surface area contributed by atoms with Crippen LogP contribution in [0.4, 0.5) is 14.5 Å². The highest BCUT2D eigenvalue weighted by Gasteiger charge is 2.43. The lowest BCUT2D eigenvalue weighted by Crippen LogP contribution is -2.42. The van der Waals surface area contributed by atoms with Crippen LogP contribution in [-0.4, -0.2) is 21.2 Å². The van der Waals surface area contributed by atoms with Crippen molar-refractivity contribution >= 4 is 11.6 Å². The Bertz CT molecular complexity index is 1630. The Morgan fingerprint density at radius 2 is 1.65 bits per heavy atom. The monoisotopic (exact) mass is 493 g/mol. The van der Waals surface area contributed by atoms with Gasteiger partial charge in [-0.15, -0.1) is 0 Å². The van der Waals surface area contributed by atoms with Gasteiger partial charge in [0.2, 0.25) is 0 Å². The molecule has 4 aromatic carbocycles. The molecule has 5 aromatic rings. The maximum atomic E-state index is 14.8. The fourth-order valence-electron chi connectivity index (χ4n) is 4.94. The first-order valence-electron chi connectivity index (χ1n) is 11.8. The van der Waals surface area contributed by atoms with Gasteiger partial charge in [-0.25, -0.2) is 8.78 Å². The number of carbonyl (C=O) groups excluding carboxylic acids is 1. The van der Waals surface area contributed by atoms with Crippen LogP contribution >= 0.6 is 0 Å². The van der Waals surface area contributed by atoms with E-state index in [0.717, 1.165) is 39.7 Å². The number of benzene rings is 4. The molecular formula is C30H21F2N3O2. The summed E-state index contributed by atoms with van der Waals surface area (Å²) in [6.45, 7) is 0. The smallest absolute Gasteiger partial charge is 0.265 e. The second kappa shape index (κ2) is 8.80. The first-order chi connectivity index (χ1) is 18.0. The molecule has 1 heterocycles. The molecule has 0 saturated carbocycles. The van der Waals surface area contributed by atoms with E-state index in [0.29, 0.717) is 12.1 Å². The summed E-state index contributed by atoms with van der Waals surface area (Å²) in [5.74, 6) is -3.33. The second-order valence-electron chi connectivity index (χ2n) is 8.97. The van der Waals surface area contributed by atoms with Gasteiger partial charge in [-0.05, 0) is 29.3 Å². The highest BCUT2D eigenvalue weighted by atomic mass is 19.2. The van der Waals surface area contributed by atoms with Gasteiger partial charge in [-0.3, -0.25) is 9.89 Å². The van der Waals surface area contributed by atoms with E-state index in [4.69, 9.17) is 0 Å². The molecule has 1 unspecified atom stereocenters. The van der Waals surface area contributed by atoms with Gasteiger partial charge in [0.15, 0.2) is 17.2 Å². The molecule has 1 amide bonds. The van der Waals surface area contributed by atoms with Gasteiger partial charge in [0, 0.05) is 34.4 Å². The first-order valence-corrected chi connectivity index (χ1v) is 11.8. The third-order valence-electron chi connectivity index (χ3n) is 6.78. The minimum atomic E-state index is -2.46. The third kappa shape index (κ3) is 3.72. The molecule has 37 heavy (non-hydrogen) atoms. The molecule has 6 rings (SSSR count). The van der Waals surface area contributed by atoms with Crippen molar-refractivity contribution in [3.05, 3.63) is 131 Å². The van der Waals surface area contributed by atoms with Crippen LogP contribution < -0.4 is 5.32 Å². The highest BCUT2D eigenvalue weighted by Crippen LogP contribution is 2.41. The zero-order valence-corrected chi connectivity index (χ0v) is 19.5. The van der Waals surface area contributed by atoms with Crippen LogP contribution in [0.2, 0.25) is 0 Å². The van der Waals surface area contributed by atoms with E-state index in [2.05, 4.69) is 15.5 Å². The maximum absolute atomic E-state index is 14.8. The summed E-state index contributed by atoms with van der Waals surface area (Å²) in [4.78, 5) is 13.5. The summed E-state index contributed by atoms with van der Waals surface area (Å²) >= 11 is 0. The number of aromatic amines is 1. The number of anilines is 1. The van der Waals surface area contributed by atoms with Crippen molar-refractivity contribution in [1.29, 1.82) is 0 Å². The second-order valence-corrected chi connectivity index (χ2v) is 8.97. The lowest BCUT2D eigenvalue weighted by Gasteiger charge is -2.28. The molecule has 1 aliphatic rings. The summed E-state index contributed by atoms with van der Waals surface area (Å²) < 4.78 is 28.9. The van der Waals surface area contributed by atoms with Crippen LogP contribution in [0.25, 0.3) is 22.5 Å². The Hall–Kier alpha value is -4.62. The number of nitrogens with zero attached hydrogens (tertiary/aromatic N) is 1. The number of amides is 1. The number of aromatic nitrogens is 2. The summed E-state index contributed by atoms with van der Waals surface area (Å²) in [6, 6.07) is 26.6. The predicted molar refractivity (Wildman–Crippen MR) is 137 cm³/mol. The Morgan fingerprint density at radius 3 is 2.41 bits per heavy atom. The van der Waals surface area contributed by atoms with Gasteiger partial charge in [0.05, 0.1) is 11.4 Å². The van der Waals surface area contributed by atoms with Crippen molar-refractivity contribution in [2.24, 2.45) is 0 Å². The fourth-order valence-corrected chi connectivity index (χ4v) is 4.94. The number of halogens is 2. The number of H-pyrrole nitrogens is 1. The number of nitrogens with one attached hydrogen (secondary N) is 2. The normalized spacial score (nSPS) is 13.5. The Labute approximate surface area is 211 Å². The van der Waals surface area contributed by atoms with E-state index in [1.807, 2.05) is 42.5 Å². The summed E-state index contributed by atoms with van der Waals surface area (Å²) in [7, 11) is 0. The standard InChI is InChI=1S/C30H21F2N3O2/c31-25-13-7-12-24(26(25)32)30(37,20-10-5-2-6-11-20)29(36)33-21-14-15-22-19(16-21)17-23-27(34-35-28(22)23)18-8-3-1-4-9-18/h1-16,37H,17H2,(H,33,36)(H,34,35). The molecule has 0 aliphatic heterocycles. The summed E-state index contributed by atoms with van der Waals surface area (Å²) in [5.41, 5.74) is 3.43. The van der Waals surface area contributed by atoms with E-state index in [-0.39, 0.29) is 5.56 Å². The number of hydrogen-bond acceptors (Lipinski definition) is 3. The van der Waals surface area contributed by atoms with Crippen LogP contribution in [-0.2, 0) is 16.8 Å². The highest BCUT2D eigenvalue weighted by molar-refractivity contribution is 6.01. The van der Waals surface area contributed by atoms with Crippen molar-refractivity contribution in [1.82, 2.24) is 10.2 Å². The average molecular weight is 494 g/mol. The molecule has 0 bridgehead atoms. The topological polar surface area (TPSA) is 78.0 Å². The van der Waals surface area contributed by atoms with E-state index in [9.17, 15) is 18.7 Å². The van der Waals surface area contributed by atoms with Crippen molar-refractivity contribution < 1.29 is 18.7 Å². The van der Waals surface area contributed by atoms with Crippen LogP contribution in [0, 0.1) is 11.6 Å². The lowest BCUT2D eigenvalue weighted by atomic mass is 9.85. The van der Waals surface area contributed by atoms with Gasteiger partial charge >= 0.3 is 0 Å². The molecule has 1 aliphatic carbocycles. The van der Waals surface area contributed by atoms with Crippen LogP contribution in [0.3, 0.4) is 0 Å². The van der Waals surface area contributed by atoms with E-state index in [1.165, 1.54) is 24.3 Å². The molecule has 0 fully saturated rings. The molecule has 0 spiro atoms. The maximum Gasteiger partial charge on any atom is 0.265 e. The third-order valence-corrected chi connectivity index (χ3v) is 6.78. The molecular weight excluding hydrogens is 472 g/mol. The van der Waals surface area contributed by atoms with Crippen molar-refractivity contribution in [3.8, 4) is 22.5 Å². The average Bonchev–Trinajstić information content (AvgIpc) is 3.50. The van der Waals surface area contributed by atoms with Gasteiger partial charge in [-0.1, -0.05) is 78.9 Å². The predicted octanol–water partition coefficient (Wildman–Crippen LogP) is 5.80. The molecule has 0 saturated heterocycles. The molecule has 3 N–H and O–H groups in total. The molecule has 5 nitrogen and oxygen atoms in total. The van der Waals surface area contributed by atoms with Gasteiger partial charge in [-0.2, -0.15) is 5.10 Å². The van der Waals surface area contributed by atoms with Gasteiger partial charge < -0.3 is 10.4 Å². The van der Waals surface area contributed by atoms with E-state index >= 15 is 0 Å². The van der Waals surface area contributed by atoms with Crippen molar-refractivity contribution in [3.63, 3.8) is 0 Å². The van der Waals surface area contributed by atoms with Crippen LogP contribution in [0.1, 0.15) is 22.3 Å². The lowest BCUT2D eigenvalue weighted by molar-refractivity contribution is -0.131. The number of carbonyl (C=O) groups is 1. The fraction of sp³-hybridized carbons (Fsp3) is 0.0667. The number of hydrogen-bond donors (Lipinski definition) is 3. The summed E-state index contributed by atoms with van der Waals surface area (Å²) in [5, 5.41) is 22.0. The number of fused-ring (bicyclic) bond motifs is 3. The molecule has 7 heteroatoms. The zero-order chi connectivity index (χ0) is 25.6. The Morgan fingerprint density at radius 1 is 0.919 bits per heavy atom. The summed E-state index contributed by atoms with van der Waals surface area (Å²) in [6.07, 6.45) is 0.608. The molecule has 1 atom stereocenters. The van der Waals surface area contributed by atoms with Crippen molar-refractivity contribution in [2.75, 3.05) is 5.32 Å². The Balaban J connectivity index is 1.34. The quantitative estimate of drug-likeness (QED) is 0.284. The SMILES string of the molecule is O=C(Nc1ccc2c(c1)Cc1c(-c3ccccc3)n[nH]c1-2)C(O)(c1ccccc1)c1cccc(F)c1F. The molecule has 0 radical (unpaired) electrons. The minimum absolute atomic E-state index is 0.117. The zero-order valence-electron chi connectivity index (χ0n) is 19.5. The van der Waals surface area contributed by atoms with Gasteiger partial charge in [0.25, 0.3) is 5.91 Å². The van der Waals surface area contributed by atoms with Crippen molar-refractivity contribution in [2.45, 2.75) is 12.0 Å². The minimum Gasteiger partial charge on any atom is -0.372 e. The molecule has 182 valence electrons. The van der Waals surface area contributed by atoms with E-state index < -0.39 is 28.7 Å².